The fourth-order valence-corrected chi connectivity index (χ4v) is 5.17. The minimum Gasteiger partial charge on any atom is -0.303 e. The van der Waals surface area contributed by atoms with Crippen molar-refractivity contribution in [1.29, 1.82) is 0 Å². The molecule has 0 aliphatic rings. The molecule has 3 unspecified atom stereocenters. The molecule has 0 saturated heterocycles. The Bertz CT molecular complexity index is 287. The van der Waals surface area contributed by atoms with Crippen LogP contribution in [0, 0.1) is 17.8 Å². The number of hydrogen-bond acceptors (Lipinski definition) is 1. The van der Waals surface area contributed by atoms with Crippen molar-refractivity contribution in [1.82, 2.24) is 4.90 Å². The smallest absolute Gasteiger partial charge is 0.000979 e. The molecule has 0 aromatic carbocycles. The van der Waals surface area contributed by atoms with E-state index in [1.165, 1.54) is 135 Å². The summed E-state index contributed by atoms with van der Waals surface area (Å²) >= 11 is 0. The fourth-order valence-electron chi connectivity index (χ4n) is 5.17. The monoisotopic (exact) mass is 437 g/mol. The summed E-state index contributed by atoms with van der Waals surface area (Å²) in [6.45, 7) is 18.4. The van der Waals surface area contributed by atoms with Gasteiger partial charge in [0, 0.05) is 19.6 Å². The van der Waals surface area contributed by atoms with Gasteiger partial charge >= 0.3 is 0 Å². The van der Waals surface area contributed by atoms with Gasteiger partial charge in [0.25, 0.3) is 0 Å². The van der Waals surface area contributed by atoms with Crippen molar-refractivity contribution in [2.75, 3.05) is 19.6 Å². The first-order chi connectivity index (χ1) is 15.1. The standard InChI is InChI=1S/C30H63N/c1-7-13-16-19-22-28(10-4)25-31(26-29(11-5)23-20-17-14-8-2)27-30(12-6)24-21-18-15-9-3/h28-30H,7-27H2,1-6H3. The highest BCUT2D eigenvalue weighted by Gasteiger charge is 2.20. The summed E-state index contributed by atoms with van der Waals surface area (Å²) in [6, 6.07) is 0. The van der Waals surface area contributed by atoms with Crippen molar-refractivity contribution in [3.8, 4) is 0 Å². The lowest BCUT2D eigenvalue weighted by Crippen LogP contribution is -2.37. The zero-order valence-corrected chi connectivity index (χ0v) is 23.0. The molecule has 0 aromatic heterocycles. The third-order valence-electron chi connectivity index (χ3n) is 7.68. The highest BCUT2D eigenvalue weighted by Crippen LogP contribution is 2.23. The second kappa shape index (κ2) is 23.1. The molecule has 0 aliphatic carbocycles. The summed E-state index contributed by atoms with van der Waals surface area (Å²) in [5.74, 6) is 2.73. The lowest BCUT2D eigenvalue weighted by Gasteiger charge is -2.33. The van der Waals surface area contributed by atoms with Crippen LogP contribution in [0.1, 0.15) is 157 Å². The van der Waals surface area contributed by atoms with Gasteiger partial charge in [0.05, 0.1) is 0 Å². The molecule has 0 aromatic rings. The van der Waals surface area contributed by atoms with E-state index in [1.54, 1.807) is 0 Å². The molecule has 0 bridgehead atoms. The maximum absolute atomic E-state index is 2.94. The van der Waals surface area contributed by atoms with Gasteiger partial charge in [0.15, 0.2) is 0 Å². The average Bonchev–Trinajstić information content (AvgIpc) is 2.79. The normalized spacial score (nSPS) is 14.8. The van der Waals surface area contributed by atoms with Gasteiger partial charge in [-0.15, -0.1) is 0 Å². The molecule has 0 fully saturated rings. The van der Waals surface area contributed by atoms with Gasteiger partial charge in [-0.3, -0.25) is 0 Å². The van der Waals surface area contributed by atoms with E-state index in [0.717, 1.165) is 17.8 Å². The predicted octanol–water partition coefficient (Wildman–Crippen LogP) is 10.3. The molecule has 0 N–H and O–H groups in total. The summed E-state index contributed by atoms with van der Waals surface area (Å²) in [5, 5.41) is 0. The van der Waals surface area contributed by atoms with E-state index in [2.05, 4.69) is 46.4 Å². The van der Waals surface area contributed by atoms with Crippen molar-refractivity contribution < 1.29 is 0 Å². The van der Waals surface area contributed by atoms with Crippen LogP contribution in [0.25, 0.3) is 0 Å². The Morgan fingerprint density at radius 1 is 0.387 bits per heavy atom. The Morgan fingerprint density at radius 2 is 0.677 bits per heavy atom. The van der Waals surface area contributed by atoms with Crippen molar-refractivity contribution in [2.24, 2.45) is 17.8 Å². The number of rotatable bonds is 24. The first-order valence-corrected chi connectivity index (χ1v) is 14.9. The maximum Gasteiger partial charge on any atom is 0.000979 e. The van der Waals surface area contributed by atoms with E-state index in [9.17, 15) is 0 Å². The van der Waals surface area contributed by atoms with Crippen LogP contribution in [0.5, 0.6) is 0 Å². The molecular formula is C30H63N. The molecule has 0 heterocycles. The molecule has 0 rings (SSSR count). The largest absolute Gasteiger partial charge is 0.303 e. The molecule has 3 atom stereocenters. The van der Waals surface area contributed by atoms with E-state index in [1.807, 2.05) is 0 Å². The van der Waals surface area contributed by atoms with Crippen LogP contribution in [0.3, 0.4) is 0 Å². The van der Waals surface area contributed by atoms with Gasteiger partial charge in [-0.25, -0.2) is 0 Å². The van der Waals surface area contributed by atoms with Crippen LogP contribution in [-0.4, -0.2) is 24.5 Å². The minimum atomic E-state index is 0.909. The molecule has 1 heteroatoms. The molecule has 0 radical (unpaired) electrons. The van der Waals surface area contributed by atoms with Crippen LogP contribution < -0.4 is 0 Å². The number of unbranched alkanes of at least 4 members (excludes halogenated alkanes) is 9. The molecular weight excluding hydrogens is 374 g/mol. The molecule has 0 aliphatic heterocycles. The second-order valence-electron chi connectivity index (χ2n) is 10.6. The zero-order chi connectivity index (χ0) is 23.2. The van der Waals surface area contributed by atoms with Gasteiger partial charge < -0.3 is 4.90 Å². The van der Waals surface area contributed by atoms with Gasteiger partial charge in [-0.1, -0.05) is 138 Å². The fraction of sp³-hybridized carbons (Fsp3) is 1.00. The lowest BCUT2D eigenvalue weighted by atomic mass is 9.92. The zero-order valence-electron chi connectivity index (χ0n) is 23.0. The average molecular weight is 438 g/mol. The number of hydrogen-bond donors (Lipinski definition) is 0. The van der Waals surface area contributed by atoms with E-state index in [4.69, 9.17) is 0 Å². The summed E-state index contributed by atoms with van der Waals surface area (Å²) in [4.78, 5) is 2.94. The van der Waals surface area contributed by atoms with Crippen molar-refractivity contribution in [3.05, 3.63) is 0 Å². The molecule has 0 amide bonds. The Balaban J connectivity index is 4.85. The van der Waals surface area contributed by atoms with Crippen molar-refractivity contribution in [3.63, 3.8) is 0 Å². The highest BCUT2D eigenvalue weighted by atomic mass is 15.1. The highest BCUT2D eigenvalue weighted by molar-refractivity contribution is 4.73. The van der Waals surface area contributed by atoms with Gasteiger partial charge in [-0.05, 0) is 37.0 Å². The Kier molecular flexibility index (Phi) is 23.1. The maximum atomic E-state index is 2.94. The molecule has 0 spiro atoms. The summed E-state index contributed by atoms with van der Waals surface area (Å²) in [6.07, 6.45) is 25.5. The van der Waals surface area contributed by atoms with Crippen LogP contribution in [0.2, 0.25) is 0 Å². The summed E-state index contributed by atoms with van der Waals surface area (Å²) < 4.78 is 0. The number of nitrogens with zero attached hydrogens (tertiary/aromatic N) is 1. The topological polar surface area (TPSA) is 3.24 Å². The lowest BCUT2D eigenvalue weighted by molar-refractivity contribution is 0.151. The molecule has 188 valence electrons. The molecule has 1 nitrogen and oxygen atoms in total. The van der Waals surface area contributed by atoms with Crippen LogP contribution in [0.4, 0.5) is 0 Å². The van der Waals surface area contributed by atoms with Gasteiger partial charge in [-0.2, -0.15) is 0 Å². The minimum absolute atomic E-state index is 0.909. The van der Waals surface area contributed by atoms with E-state index >= 15 is 0 Å². The predicted molar refractivity (Wildman–Crippen MR) is 144 cm³/mol. The Hall–Kier alpha value is -0.0400. The second-order valence-corrected chi connectivity index (χ2v) is 10.6. The van der Waals surface area contributed by atoms with Crippen molar-refractivity contribution in [2.45, 2.75) is 157 Å². The first kappa shape index (κ1) is 31.0. The third-order valence-corrected chi connectivity index (χ3v) is 7.68. The van der Waals surface area contributed by atoms with Crippen LogP contribution in [-0.2, 0) is 0 Å². The summed E-state index contributed by atoms with van der Waals surface area (Å²) in [5.41, 5.74) is 0. The van der Waals surface area contributed by atoms with Crippen LogP contribution >= 0.6 is 0 Å². The van der Waals surface area contributed by atoms with E-state index < -0.39 is 0 Å². The molecule has 31 heavy (non-hydrogen) atoms. The van der Waals surface area contributed by atoms with Crippen molar-refractivity contribution >= 4 is 0 Å². The Labute approximate surface area is 199 Å². The van der Waals surface area contributed by atoms with Gasteiger partial charge in [0.2, 0.25) is 0 Å². The van der Waals surface area contributed by atoms with E-state index in [0.29, 0.717) is 0 Å². The van der Waals surface area contributed by atoms with Crippen LogP contribution in [0.15, 0.2) is 0 Å². The Morgan fingerprint density at radius 3 is 0.903 bits per heavy atom. The molecule has 0 saturated carbocycles. The third kappa shape index (κ3) is 18.1. The van der Waals surface area contributed by atoms with Gasteiger partial charge in [0.1, 0.15) is 0 Å². The summed E-state index contributed by atoms with van der Waals surface area (Å²) in [7, 11) is 0. The quantitative estimate of drug-likeness (QED) is 0.136. The first-order valence-electron chi connectivity index (χ1n) is 14.9. The van der Waals surface area contributed by atoms with E-state index in [-0.39, 0.29) is 0 Å². The SMILES string of the molecule is CCCCCCC(CC)CN(CC(CC)CCCCCC)CC(CC)CCCCCC.